The van der Waals surface area contributed by atoms with E-state index in [9.17, 15) is 8.78 Å². The molecule has 0 aliphatic carbocycles. The second-order valence-electron chi connectivity index (χ2n) is 8.48. The molecule has 154 valence electrons. The van der Waals surface area contributed by atoms with Crippen molar-refractivity contribution < 1.29 is 13.6 Å². The minimum atomic E-state index is -2.74. The van der Waals surface area contributed by atoms with Crippen LogP contribution in [0.3, 0.4) is 0 Å². The Labute approximate surface area is 166 Å². The fourth-order valence-corrected chi connectivity index (χ4v) is 3.23. The number of anilines is 1. The predicted octanol–water partition coefficient (Wildman–Crippen LogP) is 3.21. The molecule has 0 radical (unpaired) electrons. The number of rotatable bonds is 3. The van der Waals surface area contributed by atoms with Gasteiger partial charge in [-0.25, -0.2) is 23.4 Å². The van der Waals surface area contributed by atoms with Crippen LogP contribution in [0.15, 0.2) is 29.1 Å². The summed E-state index contributed by atoms with van der Waals surface area (Å²) in [4.78, 5) is 16.0. The molecular weight excluding hydrogens is 380 g/mol. The standard InChI is InChI=1S/C19H23F2N7O/c1-11-8-12(2)29-25-13(11)9-28-16-14(24-26-28)15(22-17(23-16)18(3,4)5)27-7-6-19(20,21)10-27/h8H,1,6-7,9-10H2,2-5H3. The lowest BCUT2D eigenvalue weighted by molar-refractivity contribution is 0.0257. The van der Waals surface area contributed by atoms with E-state index < -0.39 is 12.5 Å². The molecule has 2 aliphatic heterocycles. The molecule has 0 bridgehead atoms. The highest BCUT2D eigenvalue weighted by atomic mass is 19.3. The summed E-state index contributed by atoms with van der Waals surface area (Å²) in [7, 11) is 0. The van der Waals surface area contributed by atoms with Crippen LogP contribution in [0, 0.1) is 0 Å². The molecule has 4 heterocycles. The van der Waals surface area contributed by atoms with Crippen molar-refractivity contribution in [1.29, 1.82) is 0 Å². The molecule has 2 aliphatic rings. The van der Waals surface area contributed by atoms with Crippen LogP contribution in [-0.4, -0.2) is 49.7 Å². The number of fused-ring (bicyclic) bond motifs is 1. The fraction of sp³-hybridized carbons (Fsp3) is 0.526. The van der Waals surface area contributed by atoms with Gasteiger partial charge in [-0.2, -0.15) is 0 Å². The Morgan fingerprint density at radius 2 is 2.03 bits per heavy atom. The highest BCUT2D eigenvalue weighted by molar-refractivity contribution is 6.02. The van der Waals surface area contributed by atoms with E-state index in [4.69, 9.17) is 4.84 Å². The van der Waals surface area contributed by atoms with E-state index in [1.165, 1.54) is 0 Å². The molecule has 0 amide bonds. The number of allylic oxidation sites excluding steroid dienone is 3. The number of halogens is 2. The van der Waals surface area contributed by atoms with Crippen LogP contribution in [0.5, 0.6) is 0 Å². The first-order valence-electron chi connectivity index (χ1n) is 9.39. The molecule has 2 aromatic heterocycles. The Bertz CT molecular complexity index is 1050. The third kappa shape index (κ3) is 3.70. The summed E-state index contributed by atoms with van der Waals surface area (Å²) in [5.41, 5.74) is 1.78. The summed E-state index contributed by atoms with van der Waals surface area (Å²) in [6, 6.07) is 0. The van der Waals surface area contributed by atoms with Gasteiger partial charge in [-0.3, -0.25) is 0 Å². The van der Waals surface area contributed by atoms with Crippen molar-refractivity contribution >= 4 is 22.7 Å². The summed E-state index contributed by atoms with van der Waals surface area (Å²) in [5, 5.41) is 12.5. The third-order valence-corrected chi connectivity index (χ3v) is 4.83. The monoisotopic (exact) mass is 403 g/mol. The van der Waals surface area contributed by atoms with Gasteiger partial charge in [0.05, 0.1) is 13.1 Å². The maximum Gasteiger partial charge on any atom is 0.266 e. The maximum absolute atomic E-state index is 13.8. The van der Waals surface area contributed by atoms with Gasteiger partial charge in [0.15, 0.2) is 17.0 Å². The third-order valence-electron chi connectivity index (χ3n) is 4.83. The van der Waals surface area contributed by atoms with Crippen molar-refractivity contribution in [3.05, 3.63) is 29.8 Å². The van der Waals surface area contributed by atoms with Crippen molar-refractivity contribution in [2.75, 3.05) is 18.0 Å². The van der Waals surface area contributed by atoms with Gasteiger partial charge < -0.3 is 9.74 Å². The molecule has 0 saturated carbocycles. The highest BCUT2D eigenvalue weighted by Crippen LogP contribution is 2.34. The molecule has 8 nitrogen and oxygen atoms in total. The van der Waals surface area contributed by atoms with Gasteiger partial charge in [-0.05, 0) is 18.6 Å². The first kappa shape index (κ1) is 19.4. The number of hydrogen-bond acceptors (Lipinski definition) is 7. The van der Waals surface area contributed by atoms with Crippen LogP contribution in [0.1, 0.15) is 39.9 Å². The second kappa shape index (κ2) is 6.57. The molecule has 0 aromatic carbocycles. The Hall–Kier alpha value is -2.91. The van der Waals surface area contributed by atoms with Gasteiger partial charge >= 0.3 is 0 Å². The van der Waals surface area contributed by atoms with Gasteiger partial charge in [0.2, 0.25) is 0 Å². The van der Waals surface area contributed by atoms with Gasteiger partial charge in [0, 0.05) is 18.4 Å². The van der Waals surface area contributed by atoms with Crippen LogP contribution in [0.4, 0.5) is 14.6 Å². The molecule has 0 unspecified atom stereocenters. The van der Waals surface area contributed by atoms with Crippen molar-refractivity contribution in [2.45, 2.75) is 52.0 Å². The molecule has 1 fully saturated rings. The van der Waals surface area contributed by atoms with E-state index in [0.717, 1.165) is 0 Å². The molecule has 10 heteroatoms. The van der Waals surface area contributed by atoms with Crippen molar-refractivity contribution in [2.24, 2.45) is 5.16 Å². The van der Waals surface area contributed by atoms with Crippen LogP contribution in [0.2, 0.25) is 0 Å². The average Bonchev–Trinajstić information content (AvgIpc) is 3.19. The lowest BCUT2D eigenvalue weighted by atomic mass is 9.96. The van der Waals surface area contributed by atoms with E-state index in [2.05, 4.69) is 32.0 Å². The molecular formula is C19H23F2N7O. The quantitative estimate of drug-likeness (QED) is 0.783. The first-order chi connectivity index (χ1) is 13.5. The van der Waals surface area contributed by atoms with Gasteiger partial charge in [0.1, 0.15) is 17.3 Å². The molecule has 1 saturated heterocycles. The molecule has 2 aromatic rings. The zero-order chi connectivity index (χ0) is 21.0. The highest BCUT2D eigenvalue weighted by Gasteiger charge is 2.40. The average molecular weight is 403 g/mol. The van der Waals surface area contributed by atoms with Crippen molar-refractivity contribution in [3.63, 3.8) is 0 Å². The summed E-state index contributed by atoms with van der Waals surface area (Å²) in [5.74, 6) is -1.17. The normalized spacial score (nSPS) is 19.4. The van der Waals surface area contributed by atoms with Crippen LogP contribution < -0.4 is 4.90 Å². The van der Waals surface area contributed by atoms with Crippen molar-refractivity contribution in [1.82, 2.24) is 25.0 Å². The molecule has 0 spiro atoms. The number of oxime groups is 1. The molecule has 0 N–H and O–H groups in total. The summed E-state index contributed by atoms with van der Waals surface area (Å²) < 4.78 is 29.2. The predicted molar refractivity (Wildman–Crippen MR) is 105 cm³/mol. The topological polar surface area (TPSA) is 81.3 Å². The van der Waals surface area contributed by atoms with E-state index in [1.54, 1.807) is 22.6 Å². The van der Waals surface area contributed by atoms with Crippen LogP contribution >= 0.6 is 0 Å². The van der Waals surface area contributed by atoms with Crippen LogP contribution in [-0.2, 0) is 16.8 Å². The second-order valence-corrected chi connectivity index (χ2v) is 8.48. The Morgan fingerprint density at radius 3 is 2.66 bits per heavy atom. The van der Waals surface area contributed by atoms with Crippen molar-refractivity contribution in [3.8, 4) is 0 Å². The van der Waals surface area contributed by atoms with E-state index in [-0.39, 0.29) is 24.9 Å². The van der Waals surface area contributed by atoms with E-state index in [0.29, 0.717) is 39.9 Å². The maximum atomic E-state index is 13.8. The lowest BCUT2D eigenvalue weighted by Gasteiger charge is -2.22. The number of nitrogens with zero attached hydrogens (tertiary/aromatic N) is 7. The molecule has 4 rings (SSSR count). The lowest BCUT2D eigenvalue weighted by Crippen LogP contribution is -2.27. The van der Waals surface area contributed by atoms with E-state index in [1.807, 2.05) is 20.8 Å². The minimum Gasteiger partial charge on any atom is -0.361 e. The SMILES string of the molecule is C=C1C=C(C)ON=C1Cn1nnc2c(N3CCC(F)(F)C3)nc(C(C)(C)C)nc21. The zero-order valence-electron chi connectivity index (χ0n) is 16.9. The number of alkyl halides is 2. The van der Waals surface area contributed by atoms with Gasteiger partial charge in [0.25, 0.3) is 5.92 Å². The summed E-state index contributed by atoms with van der Waals surface area (Å²) in [6.45, 7) is 11.7. The number of hydrogen-bond donors (Lipinski definition) is 0. The minimum absolute atomic E-state index is 0.205. The van der Waals surface area contributed by atoms with E-state index >= 15 is 0 Å². The Morgan fingerprint density at radius 1 is 1.28 bits per heavy atom. The summed E-state index contributed by atoms with van der Waals surface area (Å²) in [6.07, 6.45) is 1.58. The Balaban J connectivity index is 1.78. The van der Waals surface area contributed by atoms with Crippen LogP contribution in [0.25, 0.3) is 11.2 Å². The molecule has 0 atom stereocenters. The first-order valence-corrected chi connectivity index (χ1v) is 9.39. The number of aromatic nitrogens is 5. The zero-order valence-corrected chi connectivity index (χ0v) is 16.9. The molecule has 29 heavy (non-hydrogen) atoms. The fourth-order valence-electron chi connectivity index (χ4n) is 3.23. The van der Waals surface area contributed by atoms with Gasteiger partial charge in [-0.1, -0.05) is 37.7 Å². The summed E-state index contributed by atoms with van der Waals surface area (Å²) >= 11 is 0. The smallest absolute Gasteiger partial charge is 0.266 e. The largest absolute Gasteiger partial charge is 0.361 e. The van der Waals surface area contributed by atoms with Gasteiger partial charge in [-0.15, -0.1) is 5.10 Å². The Kier molecular flexibility index (Phi) is 4.39.